The Labute approximate surface area is 96.5 Å². The number of aromatic nitrogens is 2. The van der Waals surface area contributed by atoms with Gasteiger partial charge in [0.2, 0.25) is 10.0 Å². The summed E-state index contributed by atoms with van der Waals surface area (Å²) in [6.07, 6.45) is 2.32. The van der Waals surface area contributed by atoms with E-state index >= 15 is 0 Å². The van der Waals surface area contributed by atoms with Crippen LogP contribution in [0.3, 0.4) is 0 Å². The molecule has 1 aromatic carbocycles. The molecule has 80 valence electrons. The maximum absolute atomic E-state index is 11.4. The van der Waals surface area contributed by atoms with Crippen molar-refractivity contribution >= 4 is 44.3 Å². The lowest BCUT2D eigenvalue weighted by Gasteiger charge is -2.01. The number of imidazole rings is 1. The van der Waals surface area contributed by atoms with Crippen LogP contribution in [-0.2, 0) is 10.0 Å². The van der Waals surface area contributed by atoms with Crippen molar-refractivity contribution in [3.63, 3.8) is 0 Å². The van der Waals surface area contributed by atoms with Gasteiger partial charge in [-0.1, -0.05) is 23.2 Å². The molecule has 0 amide bonds. The van der Waals surface area contributed by atoms with E-state index in [-0.39, 0.29) is 0 Å². The fourth-order valence-corrected chi connectivity index (χ4v) is 2.28. The Morgan fingerprint density at radius 2 is 1.87 bits per heavy atom. The molecule has 7 heteroatoms. The van der Waals surface area contributed by atoms with Crippen LogP contribution in [0.4, 0.5) is 0 Å². The van der Waals surface area contributed by atoms with Crippen LogP contribution >= 0.6 is 23.2 Å². The Bertz CT molecular complexity index is 633. The summed E-state index contributed by atoms with van der Waals surface area (Å²) in [4.78, 5) is 3.93. The lowest BCUT2D eigenvalue weighted by molar-refractivity contribution is 0.595. The predicted molar refractivity (Wildman–Crippen MR) is 60.0 cm³/mol. The van der Waals surface area contributed by atoms with Crippen molar-refractivity contribution in [2.45, 2.75) is 0 Å². The molecule has 2 rings (SSSR count). The van der Waals surface area contributed by atoms with Gasteiger partial charge in [0, 0.05) is 0 Å². The first-order chi connectivity index (χ1) is 6.89. The van der Waals surface area contributed by atoms with Gasteiger partial charge < -0.3 is 0 Å². The minimum atomic E-state index is -3.36. The van der Waals surface area contributed by atoms with E-state index in [4.69, 9.17) is 23.2 Å². The van der Waals surface area contributed by atoms with Gasteiger partial charge in [0.15, 0.2) is 0 Å². The summed E-state index contributed by atoms with van der Waals surface area (Å²) >= 11 is 11.6. The Kier molecular flexibility index (Phi) is 2.41. The fourth-order valence-electron chi connectivity index (χ4n) is 1.25. The van der Waals surface area contributed by atoms with Crippen molar-refractivity contribution in [3.05, 3.63) is 28.5 Å². The number of rotatable bonds is 1. The monoisotopic (exact) mass is 264 g/mol. The number of fused-ring (bicyclic) bond motifs is 1. The van der Waals surface area contributed by atoms with E-state index in [1.54, 1.807) is 0 Å². The second kappa shape index (κ2) is 3.37. The van der Waals surface area contributed by atoms with Crippen molar-refractivity contribution in [2.75, 3.05) is 6.26 Å². The molecule has 0 atom stereocenters. The number of hydrogen-bond donors (Lipinski definition) is 0. The Morgan fingerprint density at radius 3 is 2.47 bits per heavy atom. The molecule has 15 heavy (non-hydrogen) atoms. The molecule has 0 saturated heterocycles. The number of benzene rings is 1. The lowest BCUT2D eigenvalue weighted by atomic mass is 10.3. The first-order valence-electron chi connectivity index (χ1n) is 3.92. The third kappa shape index (κ3) is 1.82. The van der Waals surface area contributed by atoms with E-state index < -0.39 is 10.0 Å². The Balaban J connectivity index is 2.87. The molecule has 4 nitrogen and oxygen atoms in total. The van der Waals surface area contributed by atoms with Crippen LogP contribution in [-0.4, -0.2) is 23.6 Å². The molecule has 1 aromatic heterocycles. The van der Waals surface area contributed by atoms with Crippen molar-refractivity contribution in [2.24, 2.45) is 0 Å². The third-order valence-corrected chi connectivity index (χ3v) is 3.64. The second-order valence-electron chi connectivity index (χ2n) is 3.06. The SMILES string of the molecule is CS(=O)(=O)n1cnc2cc(Cl)c(Cl)cc21. The molecular formula is C8H6Cl2N2O2S. The predicted octanol–water partition coefficient (Wildman–Crippen LogP) is 2.15. The molecule has 0 bridgehead atoms. The van der Waals surface area contributed by atoms with E-state index in [9.17, 15) is 8.42 Å². The summed E-state index contributed by atoms with van der Waals surface area (Å²) in [7, 11) is -3.36. The zero-order valence-corrected chi connectivity index (χ0v) is 9.94. The first-order valence-corrected chi connectivity index (χ1v) is 6.52. The smallest absolute Gasteiger partial charge is 0.236 e. The molecule has 0 fully saturated rings. The number of hydrogen-bond acceptors (Lipinski definition) is 3. The number of nitrogens with zero attached hydrogens (tertiary/aromatic N) is 2. The van der Waals surface area contributed by atoms with Crippen molar-refractivity contribution < 1.29 is 8.42 Å². The standard InChI is InChI=1S/C8H6Cl2N2O2S/c1-15(13,14)12-4-11-7-2-5(9)6(10)3-8(7)12/h2-4H,1H3. The van der Waals surface area contributed by atoms with Crippen LogP contribution in [0.15, 0.2) is 18.5 Å². The average molecular weight is 265 g/mol. The lowest BCUT2D eigenvalue weighted by Crippen LogP contribution is -2.08. The van der Waals surface area contributed by atoms with Gasteiger partial charge in [-0.15, -0.1) is 0 Å². The molecule has 0 unspecified atom stereocenters. The third-order valence-electron chi connectivity index (χ3n) is 1.91. The van der Waals surface area contributed by atoms with Crippen molar-refractivity contribution in [3.8, 4) is 0 Å². The topological polar surface area (TPSA) is 52.0 Å². The zero-order valence-electron chi connectivity index (χ0n) is 7.61. The summed E-state index contributed by atoms with van der Waals surface area (Å²) in [6.45, 7) is 0. The van der Waals surface area contributed by atoms with Crippen LogP contribution < -0.4 is 0 Å². The second-order valence-corrected chi connectivity index (χ2v) is 5.73. The minimum absolute atomic E-state index is 0.301. The van der Waals surface area contributed by atoms with E-state index in [1.165, 1.54) is 18.5 Å². The summed E-state index contributed by atoms with van der Waals surface area (Å²) in [5, 5.41) is 0.650. The zero-order chi connectivity index (χ0) is 11.2. The Morgan fingerprint density at radius 1 is 1.27 bits per heavy atom. The molecule has 0 radical (unpaired) electrons. The van der Waals surface area contributed by atoms with Crippen LogP contribution in [0.1, 0.15) is 0 Å². The molecule has 2 aromatic rings. The first kappa shape index (κ1) is 10.7. The minimum Gasteiger partial charge on any atom is -0.236 e. The van der Waals surface area contributed by atoms with Gasteiger partial charge in [0.1, 0.15) is 6.33 Å². The van der Waals surface area contributed by atoms with Crippen LogP contribution in [0.2, 0.25) is 10.0 Å². The van der Waals surface area contributed by atoms with Crippen molar-refractivity contribution in [1.82, 2.24) is 8.96 Å². The van der Waals surface area contributed by atoms with E-state index in [0.717, 1.165) is 10.2 Å². The van der Waals surface area contributed by atoms with Gasteiger partial charge in [0.25, 0.3) is 0 Å². The Hall–Kier alpha value is -0.780. The molecule has 0 aliphatic carbocycles. The molecule has 0 spiro atoms. The van der Waals surface area contributed by atoms with E-state index in [1.807, 2.05) is 0 Å². The van der Waals surface area contributed by atoms with Gasteiger partial charge in [-0.25, -0.2) is 17.4 Å². The van der Waals surface area contributed by atoms with Crippen molar-refractivity contribution in [1.29, 1.82) is 0 Å². The van der Waals surface area contributed by atoms with E-state index in [0.29, 0.717) is 21.1 Å². The molecule has 0 N–H and O–H groups in total. The summed E-state index contributed by atoms with van der Waals surface area (Å²) in [5.41, 5.74) is 0.918. The normalized spacial score (nSPS) is 12.2. The molecular weight excluding hydrogens is 259 g/mol. The number of halogens is 2. The van der Waals surface area contributed by atoms with Gasteiger partial charge in [-0.2, -0.15) is 0 Å². The van der Waals surface area contributed by atoms with Crippen LogP contribution in [0.5, 0.6) is 0 Å². The van der Waals surface area contributed by atoms with Gasteiger partial charge in [0.05, 0.1) is 27.3 Å². The highest BCUT2D eigenvalue weighted by Gasteiger charge is 2.12. The van der Waals surface area contributed by atoms with Gasteiger partial charge >= 0.3 is 0 Å². The van der Waals surface area contributed by atoms with Crippen LogP contribution in [0.25, 0.3) is 11.0 Å². The fraction of sp³-hybridized carbons (Fsp3) is 0.125. The maximum atomic E-state index is 11.4. The maximum Gasteiger partial charge on any atom is 0.237 e. The molecule has 0 aliphatic heterocycles. The summed E-state index contributed by atoms with van der Waals surface area (Å²) < 4.78 is 23.8. The van der Waals surface area contributed by atoms with Gasteiger partial charge in [-0.05, 0) is 12.1 Å². The molecule has 0 saturated carbocycles. The van der Waals surface area contributed by atoms with E-state index in [2.05, 4.69) is 4.98 Å². The quantitative estimate of drug-likeness (QED) is 0.793. The highest BCUT2D eigenvalue weighted by molar-refractivity contribution is 7.89. The summed E-state index contributed by atoms with van der Waals surface area (Å²) in [6, 6.07) is 3.01. The van der Waals surface area contributed by atoms with Crippen LogP contribution in [0, 0.1) is 0 Å². The molecule has 0 aliphatic rings. The highest BCUT2D eigenvalue weighted by Crippen LogP contribution is 2.27. The summed E-state index contributed by atoms with van der Waals surface area (Å²) in [5.74, 6) is 0. The van der Waals surface area contributed by atoms with Gasteiger partial charge in [-0.3, -0.25) is 0 Å². The average Bonchev–Trinajstić information content (AvgIpc) is 2.47. The highest BCUT2D eigenvalue weighted by atomic mass is 35.5. The largest absolute Gasteiger partial charge is 0.237 e. The molecule has 1 heterocycles.